The molecule has 0 radical (unpaired) electrons. The Morgan fingerprint density at radius 2 is 1.16 bits per heavy atom. The Balaban J connectivity index is 1.59. The third-order valence-electron chi connectivity index (χ3n) is 5.84. The predicted octanol–water partition coefficient (Wildman–Crippen LogP) is 5.25. The lowest BCUT2D eigenvalue weighted by molar-refractivity contribution is -0.00913. The third-order valence-corrected chi connectivity index (χ3v) is 5.84. The SMILES string of the molecule is COc1ccc(CN2CCCN(Cc3ccc(OC)cc3)C2c2ccc(F)cc2)cc1. The Morgan fingerprint density at radius 3 is 1.58 bits per heavy atom. The molecule has 0 unspecified atom stereocenters. The van der Waals surface area contributed by atoms with Crippen LogP contribution in [0.25, 0.3) is 0 Å². The average Bonchev–Trinajstić information content (AvgIpc) is 2.81. The highest BCUT2D eigenvalue weighted by atomic mass is 19.1. The molecule has 5 heteroatoms. The Labute approximate surface area is 183 Å². The van der Waals surface area contributed by atoms with Gasteiger partial charge in [0.15, 0.2) is 0 Å². The second-order valence-corrected chi connectivity index (χ2v) is 7.92. The summed E-state index contributed by atoms with van der Waals surface area (Å²) in [5.41, 5.74) is 3.58. The van der Waals surface area contributed by atoms with Crippen molar-refractivity contribution in [1.29, 1.82) is 0 Å². The molecule has 0 aromatic heterocycles. The van der Waals surface area contributed by atoms with Crippen molar-refractivity contribution in [3.63, 3.8) is 0 Å². The maximum atomic E-state index is 13.6. The van der Waals surface area contributed by atoms with E-state index in [-0.39, 0.29) is 12.0 Å². The standard InChI is InChI=1S/C26H29FN2O2/c1-30-24-12-4-20(5-13-24)18-28-16-3-17-29(19-21-6-14-25(31-2)15-7-21)26(28)22-8-10-23(27)11-9-22/h4-15,26H,3,16-19H2,1-2H3. The van der Waals surface area contributed by atoms with Crippen LogP contribution in [-0.4, -0.2) is 37.1 Å². The summed E-state index contributed by atoms with van der Waals surface area (Å²) in [5.74, 6) is 1.51. The van der Waals surface area contributed by atoms with Gasteiger partial charge in [-0.05, 0) is 59.5 Å². The zero-order chi connectivity index (χ0) is 21.6. The van der Waals surface area contributed by atoms with Crippen LogP contribution in [0.4, 0.5) is 4.39 Å². The number of hydrogen-bond donors (Lipinski definition) is 0. The molecule has 1 fully saturated rings. The molecular formula is C26H29FN2O2. The molecule has 162 valence electrons. The first-order valence-electron chi connectivity index (χ1n) is 10.7. The van der Waals surface area contributed by atoms with Gasteiger partial charge in [0.1, 0.15) is 17.3 Å². The molecule has 0 saturated carbocycles. The van der Waals surface area contributed by atoms with E-state index in [2.05, 4.69) is 34.1 Å². The van der Waals surface area contributed by atoms with E-state index < -0.39 is 0 Å². The number of halogens is 1. The zero-order valence-electron chi connectivity index (χ0n) is 18.1. The fraction of sp³-hybridized carbons (Fsp3) is 0.308. The van der Waals surface area contributed by atoms with Crippen molar-refractivity contribution in [3.8, 4) is 11.5 Å². The van der Waals surface area contributed by atoms with E-state index >= 15 is 0 Å². The van der Waals surface area contributed by atoms with E-state index in [1.807, 2.05) is 36.4 Å². The van der Waals surface area contributed by atoms with Gasteiger partial charge in [0, 0.05) is 26.2 Å². The number of nitrogens with zero attached hydrogens (tertiary/aromatic N) is 2. The molecule has 3 aromatic rings. The zero-order valence-corrected chi connectivity index (χ0v) is 18.1. The van der Waals surface area contributed by atoms with E-state index in [1.165, 1.54) is 11.1 Å². The summed E-state index contributed by atoms with van der Waals surface area (Å²) in [6.07, 6.45) is 1.17. The molecule has 0 N–H and O–H groups in total. The molecule has 0 atom stereocenters. The van der Waals surface area contributed by atoms with Crippen LogP contribution in [0.1, 0.15) is 29.3 Å². The summed E-state index contributed by atoms with van der Waals surface area (Å²) in [4.78, 5) is 4.95. The molecule has 1 aliphatic rings. The first kappa shape index (κ1) is 21.3. The normalized spacial score (nSPS) is 15.7. The number of ether oxygens (including phenoxy) is 2. The number of benzene rings is 3. The monoisotopic (exact) mass is 420 g/mol. The second-order valence-electron chi connectivity index (χ2n) is 7.92. The third kappa shape index (κ3) is 5.24. The van der Waals surface area contributed by atoms with E-state index in [4.69, 9.17) is 9.47 Å². The minimum atomic E-state index is -0.206. The van der Waals surface area contributed by atoms with E-state index in [1.54, 1.807) is 26.4 Å². The van der Waals surface area contributed by atoms with Gasteiger partial charge in [-0.3, -0.25) is 9.80 Å². The number of hydrogen-bond acceptors (Lipinski definition) is 4. The minimum absolute atomic E-state index is 0.0820. The molecule has 1 saturated heterocycles. The van der Waals surface area contributed by atoms with E-state index in [9.17, 15) is 4.39 Å². The molecule has 1 heterocycles. The summed E-state index contributed by atoms with van der Waals surface area (Å²) < 4.78 is 24.2. The smallest absolute Gasteiger partial charge is 0.123 e. The van der Waals surface area contributed by atoms with E-state index in [0.29, 0.717) is 0 Å². The fourth-order valence-corrected chi connectivity index (χ4v) is 4.27. The largest absolute Gasteiger partial charge is 0.497 e. The van der Waals surface area contributed by atoms with Gasteiger partial charge >= 0.3 is 0 Å². The van der Waals surface area contributed by atoms with Crippen LogP contribution in [0.15, 0.2) is 72.8 Å². The molecule has 0 amide bonds. The van der Waals surface area contributed by atoms with Gasteiger partial charge in [-0.25, -0.2) is 4.39 Å². The molecule has 31 heavy (non-hydrogen) atoms. The van der Waals surface area contributed by atoms with Gasteiger partial charge in [-0.15, -0.1) is 0 Å². The summed E-state index contributed by atoms with van der Waals surface area (Å²) in [7, 11) is 3.36. The van der Waals surface area contributed by atoms with Crippen LogP contribution < -0.4 is 9.47 Å². The lowest BCUT2D eigenvalue weighted by Gasteiger charge is -2.44. The molecule has 0 aliphatic carbocycles. The van der Waals surface area contributed by atoms with Gasteiger partial charge in [-0.1, -0.05) is 36.4 Å². The predicted molar refractivity (Wildman–Crippen MR) is 121 cm³/mol. The first-order valence-corrected chi connectivity index (χ1v) is 10.7. The lowest BCUT2D eigenvalue weighted by atomic mass is 10.0. The molecule has 1 aliphatic heterocycles. The summed E-state index contributed by atoms with van der Waals surface area (Å²) in [6.45, 7) is 3.64. The van der Waals surface area contributed by atoms with Gasteiger partial charge in [0.25, 0.3) is 0 Å². The summed E-state index contributed by atoms with van der Waals surface area (Å²) >= 11 is 0. The van der Waals surface area contributed by atoms with Gasteiger partial charge < -0.3 is 9.47 Å². The van der Waals surface area contributed by atoms with Crippen LogP contribution in [0.5, 0.6) is 11.5 Å². The highest BCUT2D eigenvalue weighted by Gasteiger charge is 2.30. The van der Waals surface area contributed by atoms with Crippen molar-refractivity contribution in [2.24, 2.45) is 0 Å². The van der Waals surface area contributed by atoms with Crippen molar-refractivity contribution >= 4 is 0 Å². The Hall–Kier alpha value is -2.89. The minimum Gasteiger partial charge on any atom is -0.497 e. The van der Waals surface area contributed by atoms with E-state index in [0.717, 1.165) is 49.7 Å². The van der Waals surface area contributed by atoms with Crippen molar-refractivity contribution in [2.45, 2.75) is 25.7 Å². The van der Waals surface area contributed by atoms with Gasteiger partial charge in [-0.2, -0.15) is 0 Å². The molecular weight excluding hydrogens is 391 g/mol. The molecule has 0 spiro atoms. The topological polar surface area (TPSA) is 24.9 Å². The van der Waals surface area contributed by atoms with Gasteiger partial charge in [0.05, 0.1) is 20.4 Å². The van der Waals surface area contributed by atoms with Crippen LogP contribution >= 0.6 is 0 Å². The molecule has 4 rings (SSSR count). The Morgan fingerprint density at radius 1 is 0.710 bits per heavy atom. The quantitative estimate of drug-likeness (QED) is 0.521. The van der Waals surface area contributed by atoms with Crippen LogP contribution in [0.3, 0.4) is 0 Å². The number of methoxy groups -OCH3 is 2. The van der Waals surface area contributed by atoms with Crippen molar-refractivity contribution in [3.05, 3.63) is 95.3 Å². The van der Waals surface area contributed by atoms with Crippen molar-refractivity contribution in [2.75, 3.05) is 27.3 Å². The highest BCUT2D eigenvalue weighted by Crippen LogP contribution is 2.32. The maximum Gasteiger partial charge on any atom is 0.123 e. The van der Waals surface area contributed by atoms with Crippen LogP contribution in [0.2, 0.25) is 0 Å². The highest BCUT2D eigenvalue weighted by molar-refractivity contribution is 5.29. The maximum absolute atomic E-state index is 13.6. The molecule has 0 bridgehead atoms. The average molecular weight is 421 g/mol. The number of rotatable bonds is 7. The van der Waals surface area contributed by atoms with Crippen LogP contribution in [-0.2, 0) is 13.1 Å². The second kappa shape index (κ2) is 9.94. The van der Waals surface area contributed by atoms with Crippen LogP contribution in [0, 0.1) is 5.82 Å². The Bertz CT molecular complexity index is 901. The van der Waals surface area contributed by atoms with Crippen molar-refractivity contribution < 1.29 is 13.9 Å². The van der Waals surface area contributed by atoms with Crippen molar-refractivity contribution in [1.82, 2.24) is 9.80 Å². The Kier molecular flexibility index (Phi) is 6.85. The summed E-state index contributed by atoms with van der Waals surface area (Å²) in [6, 6.07) is 23.4. The molecule has 3 aromatic carbocycles. The van der Waals surface area contributed by atoms with Gasteiger partial charge in [0.2, 0.25) is 0 Å². The fourth-order valence-electron chi connectivity index (χ4n) is 4.27. The molecule has 4 nitrogen and oxygen atoms in total. The lowest BCUT2D eigenvalue weighted by Crippen LogP contribution is -2.46. The summed E-state index contributed by atoms with van der Waals surface area (Å²) in [5, 5.41) is 0. The first-order chi connectivity index (χ1) is 15.2.